The zero-order chi connectivity index (χ0) is 17.2. The predicted molar refractivity (Wildman–Crippen MR) is 81.4 cm³/mol. The summed E-state index contributed by atoms with van der Waals surface area (Å²) in [7, 11) is 1.14. The quantitative estimate of drug-likeness (QED) is 0.789. The van der Waals surface area contributed by atoms with Crippen LogP contribution in [0.3, 0.4) is 0 Å². The Morgan fingerprint density at radius 1 is 1.30 bits per heavy atom. The summed E-state index contributed by atoms with van der Waals surface area (Å²) in [6, 6.07) is 7.28. The Morgan fingerprint density at radius 2 is 1.91 bits per heavy atom. The molecule has 0 radical (unpaired) electrons. The monoisotopic (exact) mass is 318 g/mol. The molecule has 1 atom stereocenters. The lowest BCUT2D eigenvalue weighted by Crippen LogP contribution is -2.64. The van der Waals surface area contributed by atoms with Crippen molar-refractivity contribution in [2.24, 2.45) is 0 Å². The molecule has 2 rings (SSSR count). The second-order valence-corrected chi connectivity index (χ2v) is 5.32. The summed E-state index contributed by atoms with van der Waals surface area (Å²) in [5, 5.41) is 11.3. The zero-order valence-corrected chi connectivity index (χ0v) is 13.1. The number of nitrogens with zero attached hydrogens (tertiary/aromatic N) is 1. The molecule has 1 aromatic carbocycles. The van der Waals surface area contributed by atoms with Gasteiger partial charge in [0.05, 0.1) is 12.8 Å². The van der Waals surface area contributed by atoms with Gasteiger partial charge in [-0.05, 0) is 12.5 Å². The third-order valence-corrected chi connectivity index (χ3v) is 3.57. The highest BCUT2D eigenvalue weighted by atomic mass is 16.5. The number of ketones is 1. The number of hydrogen-bond donors (Lipinski definition) is 2. The Balaban J connectivity index is 2.41. The van der Waals surface area contributed by atoms with E-state index in [0.717, 1.165) is 17.7 Å². The van der Waals surface area contributed by atoms with Crippen molar-refractivity contribution in [3.8, 4) is 0 Å². The molecule has 1 heterocycles. The molecule has 122 valence electrons. The Bertz CT molecular complexity index is 680. The van der Waals surface area contributed by atoms with E-state index < -0.39 is 29.8 Å². The van der Waals surface area contributed by atoms with E-state index >= 15 is 0 Å². The van der Waals surface area contributed by atoms with Crippen LogP contribution in [0.4, 0.5) is 0 Å². The number of aryl methyl sites for hydroxylation is 1. The van der Waals surface area contributed by atoms with Gasteiger partial charge in [-0.1, -0.05) is 29.8 Å². The fourth-order valence-corrected chi connectivity index (χ4v) is 2.26. The number of amides is 1. The average Bonchev–Trinajstić information content (AvgIpc) is 2.50. The Labute approximate surface area is 133 Å². The molecule has 1 amide bonds. The van der Waals surface area contributed by atoms with Crippen molar-refractivity contribution >= 4 is 23.4 Å². The highest BCUT2D eigenvalue weighted by Crippen LogP contribution is 2.27. The van der Waals surface area contributed by atoms with E-state index in [4.69, 9.17) is 0 Å². The van der Waals surface area contributed by atoms with Crippen molar-refractivity contribution in [3.63, 3.8) is 0 Å². The third-order valence-electron chi connectivity index (χ3n) is 3.57. The van der Waals surface area contributed by atoms with Crippen molar-refractivity contribution in [3.05, 3.63) is 41.5 Å². The summed E-state index contributed by atoms with van der Waals surface area (Å²) >= 11 is 0. The molecule has 2 N–H and O–H groups in total. The maximum absolute atomic E-state index is 12.4. The lowest BCUT2D eigenvalue weighted by Gasteiger charge is -2.40. The summed E-state index contributed by atoms with van der Waals surface area (Å²) in [5.41, 5.74) is 2.47. The number of nitrogens with one attached hydrogen (secondary N) is 1. The van der Waals surface area contributed by atoms with Gasteiger partial charge in [0.1, 0.15) is 6.42 Å². The highest BCUT2D eigenvalue weighted by Gasteiger charge is 2.48. The molecule has 23 heavy (non-hydrogen) atoms. The minimum absolute atomic E-state index is 0.361. The standard InChI is InChI=1S/C16H18N2O5/c1-10-4-6-12(7-5-10)13-8-14(20)16(22,9-15(21)23-3)18(17-13)11(2)19/h4-8,17,22H,9H2,1-3H3. The van der Waals surface area contributed by atoms with Crippen LogP contribution in [0, 0.1) is 6.92 Å². The van der Waals surface area contributed by atoms with Gasteiger partial charge in [0, 0.05) is 13.0 Å². The number of hydrazine groups is 1. The Morgan fingerprint density at radius 3 is 2.43 bits per heavy atom. The maximum atomic E-state index is 12.4. The van der Waals surface area contributed by atoms with Crippen LogP contribution in [-0.4, -0.2) is 40.6 Å². The molecule has 0 aliphatic carbocycles. The van der Waals surface area contributed by atoms with Gasteiger partial charge < -0.3 is 9.84 Å². The van der Waals surface area contributed by atoms with Crippen LogP contribution in [0.1, 0.15) is 24.5 Å². The van der Waals surface area contributed by atoms with Crippen molar-refractivity contribution in [2.45, 2.75) is 26.0 Å². The predicted octanol–water partition coefficient (Wildman–Crippen LogP) is 0.523. The van der Waals surface area contributed by atoms with Crippen LogP contribution in [0.5, 0.6) is 0 Å². The van der Waals surface area contributed by atoms with Crippen LogP contribution >= 0.6 is 0 Å². The van der Waals surface area contributed by atoms with Crippen molar-refractivity contribution in [1.82, 2.24) is 10.4 Å². The number of rotatable bonds is 3. The molecule has 0 fully saturated rings. The molecule has 1 aromatic rings. The van der Waals surface area contributed by atoms with Gasteiger partial charge in [-0.25, -0.2) is 5.01 Å². The van der Waals surface area contributed by atoms with Crippen LogP contribution in [0.25, 0.3) is 5.70 Å². The molecule has 1 aliphatic rings. The van der Waals surface area contributed by atoms with E-state index in [-0.39, 0.29) is 0 Å². The first-order valence-corrected chi connectivity index (χ1v) is 6.97. The minimum atomic E-state index is -2.31. The van der Waals surface area contributed by atoms with E-state index in [1.165, 1.54) is 13.0 Å². The fourth-order valence-electron chi connectivity index (χ4n) is 2.26. The van der Waals surface area contributed by atoms with Crippen molar-refractivity contribution in [2.75, 3.05) is 7.11 Å². The summed E-state index contributed by atoms with van der Waals surface area (Å²) in [5.74, 6) is -2.18. The van der Waals surface area contributed by atoms with Crippen LogP contribution < -0.4 is 5.43 Å². The Kier molecular flexibility index (Phi) is 4.51. The second kappa shape index (κ2) is 6.21. The molecule has 7 heteroatoms. The molecule has 1 aliphatic heterocycles. The number of hydrogen-bond acceptors (Lipinski definition) is 6. The molecule has 0 saturated heterocycles. The minimum Gasteiger partial charge on any atom is -0.469 e. The number of esters is 1. The number of ether oxygens (including phenoxy) is 1. The van der Waals surface area contributed by atoms with Crippen molar-refractivity contribution < 1.29 is 24.2 Å². The number of carbonyl (C=O) groups excluding carboxylic acids is 3. The van der Waals surface area contributed by atoms with Gasteiger partial charge >= 0.3 is 5.97 Å². The van der Waals surface area contributed by atoms with Crippen molar-refractivity contribution in [1.29, 1.82) is 0 Å². The normalized spacial score (nSPS) is 20.6. The second-order valence-electron chi connectivity index (χ2n) is 5.32. The highest BCUT2D eigenvalue weighted by molar-refractivity contribution is 6.06. The molecule has 0 aromatic heterocycles. The SMILES string of the molecule is COC(=O)CC1(O)C(=O)C=C(c2ccc(C)cc2)NN1C(C)=O. The largest absolute Gasteiger partial charge is 0.469 e. The summed E-state index contributed by atoms with van der Waals surface area (Å²) < 4.78 is 4.48. The fraction of sp³-hybridized carbons (Fsp3) is 0.312. The number of carbonyl (C=O) groups is 3. The molecule has 0 spiro atoms. The van der Waals surface area contributed by atoms with Gasteiger partial charge in [-0.2, -0.15) is 0 Å². The van der Waals surface area contributed by atoms with Crippen LogP contribution in [0.15, 0.2) is 30.3 Å². The van der Waals surface area contributed by atoms with E-state index in [1.807, 2.05) is 19.1 Å². The van der Waals surface area contributed by atoms with Gasteiger partial charge in [-0.3, -0.25) is 19.8 Å². The summed E-state index contributed by atoms with van der Waals surface area (Å²) in [4.78, 5) is 35.7. The average molecular weight is 318 g/mol. The zero-order valence-electron chi connectivity index (χ0n) is 13.1. The van der Waals surface area contributed by atoms with E-state index in [9.17, 15) is 19.5 Å². The maximum Gasteiger partial charge on any atom is 0.310 e. The number of methoxy groups -OCH3 is 1. The molecular formula is C16H18N2O5. The summed E-state index contributed by atoms with van der Waals surface area (Å²) in [6.07, 6.45) is 0.514. The third kappa shape index (κ3) is 3.24. The van der Waals surface area contributed by atoms with E-state index in [2.05, 4.69) is 10.2 Å². The van der Waals surface area contributed by atoms with E-state index in [0.29, 0.717) is 11.3 Å². The molecule has 1 unspecified atom stereocenters. The lowest BCUT2D eigenvalue weighted by molar-refractivity contribution is -0.183. The Hall–Kier alpha value is -2.67. The smallest absolute Gasteiger partial charge is 0.310 e. The summed E-state index contributed by atoms with van der Waals surface area (Å²) in [6.45, 7) is 3.11. The van der Waals surface area contributed by atoms with E-state index in [1.54, 1.807) is 12.1 Å². The molecule has 0 bridgehead atoms. The molecule has 0 saturated carbocycles. The van der Waals surface area contributed by atoms with Gasteiger partial charge in [0.25, 0.3) is 0 Å². The first kappa shape index (κ1) is 16.7. The molecule has 7 nitrogen and oxygen atoms in total. The topological polar surface area (TPSA) is 95.9 Å². The lowest BCUT2D eigenvalue weighted by atomic mass is 9.98. The number of benzene rings is 1. The van der Waals surface area contributed by atoms with Gasteiger partial charge in [0.15, 0.2) is 0 Å². The first-order valence-electron chi connectivity index (χ1n) is 6.97. The number of aliphatic hydroxyl groups is 1. The van der Waals surface area contributed by atoms with Crippen LogP contribution in [0.2, 0.25) is 0 Å². The van der Waals surface area contributed by atoms with Gasteiger partial charge in [-0.15, -0.1) is 0 Å². The van der Waals surface area contributed by atoms with Gasteiger partial charge in [0.2, 0.25) is 17.4 Å². The van der Waals surface area contributed by atoms with Crippen LogP contribution in [-0.2, 0) is 19.1 Å². The molecular weight excluding hydrogens is 300 g/mol. The first-order chi connectivity index (χ1) is 10.8.